The SMILES string of the molecule is CCN(CC)CCN(C(=O)c1ccccc1Br)c1nc2ccc(Cl)cc2s1.Cl. The summed E-state index contributed by atoms with van der Waals surface area (Å²) in [6.07, 6.45) is 0. The fraction of sp³-hybridized carbons (Fsp3) is 0.300. The molecule has 1 aromatic heterocycles. The monoisotopic (exact) mass is 501 g/mol. The van der Waals surface area contributed by atoms with Gasteiger partial charge in [0.2, 0.25) is 0 Å². The number of nitrogens with zero attached hydrogens (tertiary/aromatic N) is 3. The summed E-state index contributed by atoms with van der Waals surface area (Å²) < 4.78 is 1.76. The van der Waals surface area contributed by atoms with Gasteiger partial charge in [-0.25, -0.2) is 4.98 Å². The van der Waals surface area contributed by atoms with Gasteiger partial charge in [-0.1, -0.05) is 48.9 Å². The molecule has 0 atom stereocenters. The molecular weight excluding hydrogens is 481 g/mol. The Morgan fingerprint density at radius 1 is 1.14 bits per heavy atom. The van der Waals surface area contributed by atoms with Crippen molar-refractivity contribution < 1.29 is 4.79 Å². The van der Waals surface area contributed by atoms with Crippen LogP contribution in [0.25, 0.3) is 10.2 Å². The van der Waals surface area contributed by atoms with Crippen molar-refractivity contribution in [3.8, 4) is 0 Å². The van der Waals surface area contributed by atoms with E-state index in [1.165, 1.54) is 11.3 Å². The smallest absolute Gasteiger partial charge is 0.261 e. The predicted octanol–water partition coefficient (Wildman–Crippen LogP) is 6.12. The average molecular weight is 503 g/mol. The minimum Gasteiger partial charge on any atom is -0.302 e. The highest BCUT2D eigenvalue weighted by atomic mass is 79.9. The molecule has 3 rings (SSSR count). The van der Waals surface area contributed by atoms with Gasteiger partial charge in [-0.15, -0.1) is 12.4 Å². The number of aromatic nitrogens is 1. The van der Waals surface area contributed by atoms with E-state index in [0.29, 0.717) is 22.3 Å². The molecule has 4 nitrogen and oxygen atoms in total. The second-order valence-electron chi connectivity index (χ2n) is 6.07. The van der Waals surface area contributed by atoms with Gasteiger partial charge < -0.3 is 4.90 Å². The zero-order valence-electron chi connectivity index (χ0n) is 15.7. The number of anilines is 1. The van der Waals surface area contributed by atoms with Crippen LogP contribution in [0.15, 0.2) is 46.9 Å². The maximum atomic E-state index is 13.3. The normalized spacial score (nSPS) is 10.9. The van der Waals surface area contributed by atoms with Crippen molar-refractivity contribution in [1.82, 2.24) is 9.88 Å². The number of carbonyl (C=O) groups is 1. The van der Waals surface area contributed by atoms with Crippen LogP contribution in [0.3, 0.4) is 0 Å². The quantitative estimate of drug-likeness (QED) is 0.390. The molecule has 0 spiro atoms. The Labute approximate surface area is 189 Å². The lowest BCUT2D eigenvalue weighted by molar-refractivity contribution is 0.0983. The molecule has 0 fully saturated rings. The zero-order valence-corrected chi connectivity index (χ0v) is 19.7. The van der Waals surface area contributed by atoms with Crippen molar-refractivity contribution in [3.63, 3.8) is 0 Å². The number of halogens is 3. The van der Waals surface area contributed by atoms with Crippen LogP contribution in [0.4, 0.5) is 5.13 Å². The molecule has 0 unspecified atom stereocenters. The molecule has 0 N–H and O–H groups in total. The van der Waals surface area contributed by atoms with Crippen LogP contribution < -0.4 is 4.90 Å². The number of rotatable bonds is 7. The molecule has 2 aromatic carbocycles. The average Bonchev–Trinajstić information content (AvgIpc) is 3.08. The highest BCUT2D eigenvalue weighted by Crippen LogP contribution is 2.32. The summed E-state index contributed by atoms with van der Waals surface area (Å²) in [5.41, 5.74) is 1.49. The molecule has 1 amide bonds. The van der Waals surface area contributed by atoms with Gasteiger partial charge in [0.15, 0.2) is 5.13 Å². The van der Waals surface area contributed by atoms with E-state index in [4.69, 9.17) is 16.6 Å². The van der Waals surface area contributed by atoms with Crippen LogP contribution in [-0.4, -0.2) is 42.0 Å². The molecule has 0 saturated heterocycles. The number of fused-ring (bicyclic) bond motifs is 1. The van der Waals surface area contributed by atoms with Crippen molar-refractivity contribution in [2.45, 2.75) is 13.8 Å². The fourth-order valence-electron chi connectivity index (χ4n) is 2.85. The van der Waals surface area contributed by atoms with E-state index < -0.39 is 0 Å². The second kappa shape index (κ2) is 10.6. The molecule has 1 heterocycles. The molecule has 3 aromatic rings. The summed E-state index contributed by atoms with van der Waals surface area (Å²) >= 11 is 11.1. The zero-order chi connectivity index (χ0) is 19.4. The molecule has 28 heavy (non-hydrogen) atoms. The van der Waals surface area contributed by atoms with Crippen LogP contribution in [0.2, 0.25) is 5.02 Å². The number of carbonyl (C=O) groups excluding carboxylic acids is 1. The van der Waals surface area contributed by atoms with E-state index >= 15 is 0 Å². The third-order valence-electron chi connectivity index (χ3n) is 4.45. The largest absolute Gasteiger partial charge is 0.302 e. The Bertz CT molecular complexity index is 946. The predicted molar refractivity (Wildman–Crippen MR) is 125 cm³/mol. The van der Waals surface area contributed by atoms with Crippen molar-refractivity contribution >= 4 is 72.5 Å². The Morgan fingerprint density at radius 2 is 1.86 bits per heavy atom. The standard InChI is InChI=1S/C20H21BrClN3OS.ClH/c1-3-24(4-2)11-12-25(19(26)15-7-5-6-8-16(15)21)20-23-17-10-9-14(22)13-18(17)27-20;/h5-10,13H,3-4,11-12H2,1-2H3;1H. The van der Waals surface area contributed by atoms with Gasteiger partial charge in [0, 0.05) is 22.6 Å². The van der Waals surface area contributed by atoms with Gasteiger partial charge in [0.25, 0.3) is 5.91 Å². The van der Waals surface area contributed by atoms with Gasteiger partial charge in [-0.05, 0) is 59.4 Å². The Kier molecular flexibility index (Phi) is 8.71. The van der Waals surface area contributed by atoms with Gasteiger partial charge in [-0.3, -0.25) is 9.69 Å². The third kappa shape index (κ3) is 5.24. The second-order valence-corrected chi connectivity index (χ2v) is 8.37. The number of likely N-dealkylation sites (N-methyl/N-ethyl adjacent to an activating group) is 1. The maximum Gasteiger partial charge on any atom is 0.261 e. The van der Waals surface area contributed by atoms with E-state index in [1.54, 1.807) is 4.90 Å². The Hall–Kier alpha value is -1.18. The maximum absolute atomic E-state index is 13.3. The summed E-state index contributed by atoms with van der Waals surface area (Å²) in [6, 6.07) is 13.1. The summed E-state index contributed by atoms with van der Waals surface area (Å²) in [6.45, 7) is 7.52. The Balaban J connectivity index is 0.00000280. The Morgan fingerprint density at radius 3 is 2.54 bits per heavy atom. The van der Waals surface area contributed by atoms with E-state index in [0.717, 1.165) is 34.3 Å². The first-order valence-corrected chi connectivity index (χ1v) is 10.9. The van der Waals surface area contributed by atoms with E-state index in [-0.39, 0.29) is 18.3 Å². The molecule has 0 aliphatic carbocycles. The van der Waals surface area contributed by atoms with Crippen LogP contribution in [0.1, 0.15) is 24.2 Å². The summed E-state index contributed by atoms with van der Waals surface area (Å²) in [7, 11) is 0. The fourth-order valence-corrected chi connectivity index (χ4v) is 4.57. The molecular formula is C20H22BrCl2N3OS. The van der Waals surface area contributed by atoms with Gasteiger partial charge in [0.05, 0.1) is 15.8 Å². The van der Waals surface area contributed by atoms with E-state index in [9.17, 15) is 4.79 Å². The number of thiazole rings is 1. The number of hydrogen-bond acceptors (Lipinski definition) is 4. The highest BCUT2D eigenvalue weighted by Gasteiger charge is 2.23. The first-order valence-electron chi connectivity index (χ1n) is 8.88. The van der Waals surface area contributed by atoms with Crippen molar-refractivity contribution in [2.24, 2.45) is 0 Å². The number of benzene rings is 2. The first-order chi connectivity index (χ1) is 13.0. The van der Waals surface area contributed by atoms with Crippen LogP contribution >= 0.6 is 51.3 Å². The number of amides is 1. The lowest BCUT2D eigenvalue weighted by Crippen LogP contribution is -2.39. The minimum atomic E-state index is -0.0558. The molecule has 0 radical (unpaired) electrons. The molecule has 0 aliphatic rings. The van der Waals surface area contributed by atoms with Crippen molar-refractivity contribution in [2.75, 3.05) is 31.1 Å². The molecule has 0 bridgehead atoms. The number of hydrogen-bond donors (Lipinski definition) is 0. The van der Waals surface area contributed by atoms with Crippen LogP contribution in [0, 0.1) is 0 Å². The van der Waals surface area contributed by atoms with Gasteiger partial charge in [0.1, 0.15) is 0 Å². The van der Waals surface area contributed by atoms with Crippen molar-refractivity contribution in [1.29, 1.82) is 0 Å². The minimum absolute atomic E-state index is 0. The van der Waals surface area contributed by atoms with Gasteiger partial charge in [-0.2, -0.15) is 0 Å². The summed E-state index contributed by atoms with van der Waals surface area (Å²) in [5.74, 6) is -0.0558. The molecule has 0 aliphatic heterocycles. The van der Waals surface area contributed by atoms with Gasteiger partial charge >= 0.3 is 0 Å². The summed E-state index contributed by atoms with van der Waals surface area (Å²) in [4.78, 5) is 22.1. The molecule has 0 saturated carbocycles. The first kappa shape index (κ1) is 23.1. The van der Waals surface area contributed by atoms with Crippen LogP contribution in [0.5, 0.6) is 0 Å². The highest BCUT2D eigenvalue weighted by molar-refractivity contribution is 9.10. The lowest BCUT2D eigenvalue weighted by atomic mass is 10.2. The molecule has 150 valence electrons. The van der Waals surface area contributed by atoms with Crippen molar-refractivity contribution in [3.05, 3.63) is 57.5 Å². The topological polar surface area (TPSA) is 36.4 Å². The summed E-state index contributed by atoms with van der Waals surface area (Å²) in [5, 5.41) is 1.37. The molecule has 8 heteroatoms. The van der Waals surface area contributed by atoms with E-state index in [2.05, 4.69) is 34.7 Å². The third-order valence-corrected chi connectivity index (χ3v) is 6.42. The van der Waals surface area contributed by atoms with Crippen LogP contribution in [-0.2, 0) is 0 Å². The lowest BCUT2D eigenvalue weighted by Gasteiger charge is -2.25. The van der Waals surface area contributed by atoms with E-state index in [1.807, 2.05) is 42.5 Å².